The summed E-state index contributed by atoms with van der Waals surface area (Å²) in [6.45, 7) is 0.0250. The van der Waals surface area contributed by atoms with E-state index in [9.17, 15) is 14.4 Å². The zero-order chi connectivity index (χ0) is 15.1. The number of primary amides is 1. The standard InChI is InChI=1S/C11H12ClN3O5/c12-8-5-6(1-2-7(8)9(16)17)15-11(19)14-3-4-20-10(13)18/h1-2,5H,3-4H2,(H2,13,18)(H,16,17)(H2,14,15,19). The Kier molecular flexibility index (Phi) is 5.60. The molecule has 0 saturated carbocycles. The molecule has 3 amide bonds. The van der Waals surface area contributed by atoms with Gasteiger partial charge in [-0.05, 0) is 18.2 Å². The van der Waals surface area contributed by atoms with Crippen molar-refractivity contribution in [2.75, 3.05) is 18.5 Å². The predicted octanol–water partition coefficient (Wildman–Crippen LogP) is 1.26. The minimum absolute atomic E-state index is 0.00682. The van der Waals surface area contributed by atoms with E-state index >= 15 is 0 Å². The molecule has 0 fully saturated rings. The first-order valence-electron chi connectivity index (χ1n) is 5.40. The molecule has 5 N–H and O–H groups in total. The number of urea groups is 1. The van der Waals surface area contributed by atoms with Crippen LogP contribution in [0, 0.1) is 0 Å². The molecule has 0 bridgehead atoms. The van der Waals surface area contributed by atoms with Crippen LogP contribution in [0.2, 0.25) is 5.02 Å². The monoisotopic (exact) mass is 301 g/mol. The summed E-state index contributed by atoms with van der Waals surface area (Å²) in [4.78, 5) is 32.5. The van der Waals surface area contributed by atoms with Gasteiger partial charge in [0.25, 0.3) is 0 Å². The molecular formula is C11H12ClN3O5. The molecule has 0 aliphatic carbocycles. The molecule has 20 heavy (non-hydrogen) atoms. The highest BCUT2D eigenvalue weighted by Crippen LogP contribution is 2.20. The van der Waals surface area contributed by atoms with E-state index in [-0.39, 0.29) is 23.7 Å². The van der Waals surface area contributed by atoms with E-state index in [0.717, 1.165) is 0 Å². The van der Waals surface area contributed by atoms with Crippen LogP contribution in [0.15, 0.2) is 18.2 Å². The van der Waals surface area contributed by atoms with Gasteiger partial charge in [0.15, 0.2) is 0 Å². The lowest BCUT2D eigenvalue weighted by Crippen LogP contribution is -2.32. The number of carboxylic acids is 1. The van der Waals surface area contributed by atoms with E-state index in [1.165, 1.54) is 18.2 Å². The zero-order valence-corrected chi connectivity index (χ0v) is 10.9. The smallest absolute Gasteiger partial charge is 0.404 e. The van der Waals surface area contributed by atoms with Crippen LogP contribution in [-0.2, 0) is 4.74 Å². The Labute approximate surface area is 118 Å². The third-order valence-corrected chi connectivity index (χ3v) is 2.40. The van der Waals surface area contributed by atoms with Crippen molar-refractivity contribution in [1.29, 1.82) is 0 Å². The molecule has 9 heteroatoms. The molecule has 0 radical (unpaired) electrons. The van der Waals surface area contributed by atoms with E-state index in [1.54, 1.807) is 0 Å². The Morgan fingerprint density at radius 2 is 2.05 bits per heavy atom. The Morgan fingerprint density at radius 3 is 2.60 bits per heavy atom. The molecular weight excluding hydrogens is 290 g/mol. The van der Waals surface area contributed by atoms with Gasteiger partial charge in [-0.25, -0.2) is 14.4 Å². The second kappa shape index (κ2) is 7.19. The molecule has 0 saturated heterocycles. The Hall–Kier alpha value is -2.48. The number of nitrogens with two attached hydrogens (primary N) is 1. The molecule has 0 spiro atoms. The number of ether oxygens (including phenoxy) is 1. The van der Waals surface area contributed by atoms with Crippen molar-refractivity contribution in [2.24, 2.45) is 5.73 Å². The van der Waals surface area contributed by atoms with Gasteiger partial charge in [0.1, 0.15) is 6.61 Å². The van der Waals surface area contributed by atoms with Crippen molar-refractivity contribution in [2.45, 2.75) is 0 Å². The highest BCUT2D eigenvalue weighted by molar-refractivity contribution is 6.33. The number of rotatable bonds is 5. The number of anilines is 1. The van der Waals surface area contributed by atoms with E-state index in [1.807, 2.05) is 0 Å². The average molecular weight is 302 g/mol. The summed E-state index contributed by atoms with van der Waals surface area (Å²) in [5.74, 6) is -1.16. The summed E-state index contributed by atoms with van der Waals surface area (Å²) in [5, 5.41) is 13.6. The van der Waals surface area contributed by atoms with Crippen LogP contribution >= 0.6 is 11.6 Å². The Balaban J connectivity index is 2.48. The minimum Gasteiger partial charge on any atom is -0.478 e. The third kappa shape index (κ3) is 5.02. The number of carboxylic acid groups (broad SMARTS) is 1. The lowest BCUT2D eigenvalue weighted by atomic mass is 10.2. The fourth-order valence-corrected chi connectivity index (χ4v) is 1.52. The van der Waals surface area contributed by atoms with Crippen LogP contribution in [0.4, 0.5) is 15.3 Å². The Bertz CT molecular complexity index is 535. The van der Waals surface area contributed by atoms with Gasteiger partial charge in [0, 0.05) is 5.69 Å². The number of aromatic carboxylic acids is 1. The van der Waals surface area contributed by atoms with Crippen LogP contribution in [-0.4, -0.2) is 36.4 Å². The lowest BCUT2D eigenvalue weighted by Gasteiger charge is -2.08. The molecule has 0 heterocycles. The van der Waals surface area contributed by atoms with Gasteiger partial charge in [-0.3, -0.25) is 0 Å². The van der Waals surface area contributed by atoms with Crippen molar-refractivity contribution in [3.05, 3.63) is 28.8 Å². The van der Waals surface area contributed by atoms with Crippen molar-refractivity contribution in [3.8, 4) is 0 Å². The van der Waals surface area contributed by atoms with E-state index in [0.29, 0.717) is 5.69 Å². The van der Waals surface area contributed by atoms with Gasteiger partial charge >= 0.3 is 18.1 Å². The van der Waals surface area contributed by atoms with Crippen molar-refractivity contribution < 1.29 is 24.2 Å². The van der Waals surface area contributed by atoms with Gasteiger partial charge < -0.3 is 26.2 Å². The topological polar surface area (TPSA) is 131 Å². The number of benzene rings is 1. The molecule has 0 aliphatic heterocycles. The summed E-state index contributed by atoms with van der Waals surface area (Å²) >= 11 is 5.75. The van der Waals surface area contributed by atoms with E-state index in [2.05, 4.69) is 15.4 Å². The second-order valence-electron chi connectivity index (χ2n) is 3.55. The van der Waals surface area contributed by atoms with Crippen molar-refractivity contribution in [1.82, 2.24) is 5.32 Å². The van der Waals surface area contributed by atoms with Crippen LogP contribution < -0.4 is 16.4 Å². The highest BCUT2D eigenvalue weighted by atomic mass is 35.5. The number of carbonyl (C=O) groups is 3. The van der Waals surface area contributed by atoms with Crippen LogP contribution in [0.25, 0.3) is 0 Å². The SMILES string of the molecule is NC(=O)OCCNC(=O)Nc1ccc(C(=O)O)c(Cl)c1. The molecule has 8 nitrogen and oxygen atoms in total. The lowest BCUT2D eigenvalue weighted by molar-refractivity contribution is 0.0697. The number of hydrogen-bond acceptors (Lipinski definition) is 4. The van der Waals surface area contributed by atoms with Gasteiger partial charge in [0.2, 0.25) is 0 Å². The van der Waals surface area contributed by atoms with Crippen molar-refractivity contribution in [3.63, 3.8) is 0 Å². The quantitative estimate of drug-likeness (QED) is 0.608. The molecule has 0 unspecified atom stereocenters. The molecule has 1 rings (SSSR count). The predicted molar refractivity (Wildman–Crippen MR) is 71.0 cm³/mol. The summed E-state index contributed by atoms with van der Waals surface area (Å²) in [5.41, 5.74) is 5.00. The van der Waals surface area contributed by atoms with Gasteiger partial charge in [0.05, 0.1) is 17.1 Å². The fraction of sp³-hybridized carbons (Fsp3) is 0.182. The van der Waals surface area contributed by atoms with Crippen LogP contribution in [0.5, 0.6) is 0 Å². The number of nitrogens with one attached hydrogen (secondary N) is 2. The van der Waals surface area contributed by atoms with Gasteiger partial charge in [-0.15, -0.1) is 0 Å². The molecule has 1 aromatic rings. The van der Waals surface area contributed by atoms with E-state index < -0.39 is 18.1 Å². The second-order valence-corrected chi connectivity index (χ2v) is 3.96. The first-order valence-corrected chi connectivity index (χ1v) is 5.78. The van der Waals surface area contributed by atoms with Crippen molar-refractivity contribution >= 4 is 35.4 Å². The fourth-order valence-electron chi connectivity index (χ4n) is 1.26. The highest BCUT2D eigenvalue weighted by Gasteiger charge is 2.10. The molecule has 1 aromatic carbocycles. The van der Waals surface area contributed by atoms with Gasteiger partial charge in [-0.2, -0.15) is 0 Å². The number of hydrogen-bond donors (Lipinski definition) is 4. The maximum atomic E-state index is 11.4. The van der Waals surface area contributed by atoms with Crippen LogP contribution in [0.3, 0.4) is 0 Å². The molecule has 0 aromatic heterocycles. The van der Waals surface area contributed by atoms with Gasteiger partial charge in [-0.1, -0.05) is 11.6 Å². The number of carbonyl (C=O) groups excluding carboxylic acids is 2. The molecule has 0 atom stereocenters. The first kappa shape index (κ1) is 15.6. The summed E-state index contributed by atoms with van der Waals surface area (Å²) < 4.78 is 4.41. The molecule has 0 aliphatic rings. The third-order valence-electron chi connectivity index (χ3n) is 2.09. The van der Waals surface area contributed by atoms with Crippen LogP contribution in [0.1, 0.15) is 10.4 Å². The summed E-state index contributed by atoms with van der Waals surface area (Å²) in [6, 6.07) is 3.42. The number of halogens is 1. The summed E-state index contributed by atoms with van der Waals surface area (Å²) in [7, 11) is 0. The maximum absolute atomic E-state index is 11.4. The average Bonchev–Trinajstić information content (AvgIpc) is 2.34. The normalized spacial score (nSPS) is 9.65. The maximum Gasteiger partial charge on any atom is 0.404 e. The minimum atomic E-state index is -1.16. The Morgan fingerprint density at radius 1 is 1.35 bits per heavy atom. The van der Waals surface area contributed by atoms with E-state index in [4.69, 9.17) is 22.4 Å². The first-order chi connectivity index (χ1) is 9.40. The zero-order valence-electron chi connectivity index (χ0n) is 10.2. The largest absolute Gasteiger partial charge is 0.478 e. The number of amides is 3. The molecule has 108 valence electrons. The summed E-state index contributed by atoms with van der Waals surface area (Å²) in [6.07, 6.45) is -0.928.